The molecular weight excluding hydrogens is 402 g/mol. The smallest absolute Gasteiger partial charge is 0.395 e. The lowest BCUT2D eigenvalue weighted by Crippen LogP contribution is -2.25. The Bertz CT molecular complexity index is 1070. The summed E-state index contributed by atoms with van der Waals surface area (Å²) in [4.78, 5) is 12.3. The van der Waals surface area contributed by atoms with Crippen molar-refractivity contribution in [2.75, 3.05) is 11.1 Å². The number of fused-ring (bicyclic) bond motifs is 1. The number of hydrogen-bond acceptors (Lipinski definition) is 6. The highest BCUT2D eigenvalue weighted by molar-refractivity contribution is 7.99. The van der Waals surface area contributed by atoms with Gasteiger partial charge in [-0.2, -0.15) is 0 Å². The quantitative estimate of drug-likeness (QED) is 0.633. The van der Waals surface area contributed by atoms with E-state index in [9.17, 15) is 13.6 Å². The molecule has 1 N–H and O–H groups in total. The summed E-state index contributed by atoms with van der Waals surface area (Å²) >= 11 is 1.22. The third-order valence-corrected chi connectivity index (χ3v) is 5.03. The summed E-state index contributed by atoms with van der Waals surface area (Å²) in [6.45, 7) is 3.83. The number of halogens is 2. The molecule has 4 rings (SSSR count). The third-order valence-electron chi connectivity index (χ3n) is 4.10. The average molecular weight is 418 g/mol. The van der Waals surface area contributed by atoms with E-state index < -0.39 is 6.29 Å². The lowest BCUT2D eigenvalue weighted by atomic mass is 10.2. The van der Waals surface area contributed by atoms with Crippen LogP contribution >= 0.6 is 11.8 Å². The van der Waals surface area contributed by atoms with E-state index in [0.717, 1.165) is 11.3 Å². The van der Waals surface area contributed by atoms with Gasteiger partial charge >= 0.3 is 6.29 Å². The molecule has 3 aromatic rings. The third kappa shape index (κ3) is 4.16. The van der Waals surface area contributed by atoms with E-state index >= 15 is 0 Å². The predicted octanol–water partition coefficient (Wildman–Crippen LogP) is 3.94. The van der Waals surface area contributed by atoms with Crippen molar-refractivity contribution in [2.45, 2.75) is 25.3 Å². The number of anilines is 1. The first-order chi connectivity index (χ1) is 13.8. The summed E-state index contributed by atoms with van der Waals surface area (Å²) in [6, 6.07) is 12.0. The molecular formula is C19H16F2N4O3S. The van der Waals surface area contributed by atoms with E-state index in [1.807, 2.05) is 42.7 Å². The van der Waals surface area contributed by atoms with Crippen LogP contribution in [0.3, 0.4) is 0 Å². The van der Waals surface area contributed by atoms with Gasteiger partial charge < -0.3 is 14.8 Å². The number of carbonyl (C=O) groups is 1. The van der Waals surface area contributed by atoms with Gasteiger partial charge in [0.25, 0.3) is 0 Å². The fraction of sp³-hybridized carbons (Fsp3) is 0.211. The van der Waals surface area contributed by atoms with Crippen LogP contribution in [0.25, 0.3) is 5.69 Å². The van der Waals surface area contributed by atoms with Crippen molar-refractivity contribution in [3.8, 4) is 17.2 Å². The minimum Gasteiger partial charge on any atom is -0.395 e. The zero-order valence-electron chi connectivity index (χ0n) is 15.5. The topological polar surface area (TPSA) is 78.3 Å². The highest BCUT2D eigenvalue weighted by Crippen LogP contribution is 2.42. The lowest BCUT2D eigenvalue weighted by molar-refractivity contribution is -0.286. The number of benzene rings is 2. The van der Waals surface area contributed by atoms with E-state index in [1.54, 1.807) is 0 Å². The average Bonchev–Trinajstić information content (AvgIpc) is 3.18. The molecule has 1 aliphatic rings. The Hall–Kier alpha value is -3.14. The van der Waals surface area contributed by atoms with Crippen LogP contribution in [0, 0.1) is 13.8 Å². The van der Waals surface area contributed by atoms with Gasteiger partial charge in [0.05, 0.1) is 5.75 Å². The Balaban J connectivity index is 1.42. The molecule has 0 fully saturated rings. The predicted molar refractivity (Wildman–Crippen MR) is 103 cm³/mol. The Morgan fingerprint density at radius 1 is 1.10 bits per heavy atom. The lowest BCUT2D eigenvalue weighted by Gasteiger charge is -2.09. The van der Waals surface area contributed by atoms with Crippen LogP contribution in [-0.4, -0.2) is 32.7 Å². The highest BCUT2D eigenvalue weighted by atomic mass is 32.2. The molecule has 2 heterocycles. The van der Waals surface area contributed by atoms with Gasteiger partial charge in [-0.05, 0) is 38.1 Å². The minimum atomic E-state index is -3.70. The molecule has 7 nitrogen and oxygen atoms in total. The Kier molecular flexibility index (Phi) is 4.87. The Labute approximate surface area is 169 Å². The molecule has 0 unspecified atom stereocenters. The number of carbonyl (C=O) groups excluding carboxylic acids is 1. The number of alkyl halides is 2. The fourth-order valence-corrected chi connectivity index (χ4v) is 3.58. The number of nitrogens with one attached hydrogen (secondary N) is 1. The SMILES string of the molecule is Cc1ccc(-n2c(C)nnc2SCC(=O)Nc2ccc3c(c2)OC(F)(F)O3)cc1. The van der Waals surface area contributed by atoms with Gasteiger partial charge in [-0.3, -0.25) is 9.36 Å². The van der Waals surface area contributed by atoms with Crippen molar-refractivity contribution >= 4 is 23.4 Å². The molecule has 0 saturated heterocycles. The van der Waals surface area contributed by atoms with Crippen molar-refractivity contribution in [1.82, 2.24) is 14.8 Å². The molecule has 2 aromatic carbocycles. The molecule has 0 radical (unpaired) electrons. The van der Waals surface area contributed by atoms with E-state index in [2.05, 4.69) is 25.0 Å². The van der Waals surface area contributed by atoms with Crippen LogP contribution < -0.4 is 14.8 Å². The maximum Gasteiger partial charge on any atom is 0.586 e. The second-order valence-corrected chi connectivity index (χ2v) is 7.31. The number of ether oxygens (including phenoxy) is 2. The molecule has 1 aliphatic heterocycles. The van der Waals surface area contributed by atoms with Gasteiger partial charge in [0.15, 0.2) is 16.7 Å². The van der Waals surface area contributed by atoms with Crippen molar-refractivity contribution in [1.29, 1.82) is 0 Å². The fourth-order valence-electron chi connectivity index (χ4n) is 2.78. The standard InChI is InChI=1S/C19H16F2N4O3S/c1-11-3-6-14(7-4-11)25-12(2)23-24-18(25)29-10-17(26)22-13-5-8-15-16(9-13)28-19(20,21)27-15/h3-9H,10H2,1-2H3,(H,22,26). The first-order valence-corrected chi connectivity index (χ1v) is 9.61. The maximum absolute atomic E-state index is 13.1. The van der Waals surface area contributed by atoms with E-state index in [-0.39, 0.29) is 23.2 Å². The van der Waals surface area contributed by atoms with E-state index in [0.29, 0.717) is 16.7 Å². The molecule has 10 heteroatoms. The largest absolute Gasteiger partial charge is 0.586 e. The number of aromatic nitrogens is 3. The number of amides is 1. The summed E-state index contributed by atoms with van der Waals surface area (Å²) in [5.74, 6) is 0.235. The van der Waals surface area contributed by atoms with Crippen molar-refractivity contribution in [3.63, 3.8) is 0 Å². The van der Waals surface area contributed by atoms with Crippen LogP contribution in [0.2, 0.25) is 0 Å². The molecule has 0 saturated carbocycles. The number of rotatable bonds is 5. The monoisotopic (exact) mass is 418 g/mol. The zero-order chi connectivity index (χ0) is 20.6. The Morgan fingerprint density at radius 3 is 2.59 bits per heavy atom. The summed E-state index contributed by atoms with van der Waals surface area (Å²) < 4.78 is 36.8. The van der Waals surface area contributed by atoms with Gasteiger partial charge in [-0.15, -0.1) is 19.0 Å². The van der Waals surface area contributed by atoms with Crippen LogP contribution in [0.5, 0.6) is 11.5 Å². The van der Waals surface area contributed by atoms with Crippen molar-refractivity contribution in [2.24, 2.45) is 0 Å². The first-order valence-electron chi connectivity index (χ1n) is 8.62. The normalized spacial score (nSPS) is 14.1. The molecule has 29 heavy (non-hydrogen) atoms. The molecule has 0 aliphatic carbocycles. The minimum absolute atomic E-state index is 0.0641. The number of nitrogens with zero attached hydrogens (tertiary/aromatic N) is 3. The van der Waals surface area contributed by atoms with Gasteiger partial charge in [-0.1, -0.05) is 29.5 Å². The number of hydrogen-bond donors (Lipinski definition) is 1. The van der Waals surface area contributed by atoms with Crippen molar-refractivity contribution in [3.05, 3.63) is 53.9 Å². The number of aryl methyl sites for hydroxylation is 2. The highest BCUT2D eigenvalue weighted by Gasteiger charge is 2.43. The molecule has 1 amide bonds. The van der Waals surface area contributed by atoms with E-state index in [4.69, 9.17) is 0 Å². The number of thioether (sulfide) groups is 1. The molecule has 0 bridgehead atoms. The molecule has 1 aromatic heterocycles. The van der Waals surface area contributed by atoms with Crippen molar-refractivity contribution < 1.29 is 23.0 Å². The molecule has 0 atom stereocenters. The van der Waals surface area contributed by atoms with Crippen LogP contribution in [0.15, 0.2) is 47.6 Å². The zero-order valence-corrected chi connectivity index (χ0v) is 16.3. The summed E-state index contributed by atoms with van der Waals surface area (Å²) in [6.07, 6.45) is -3.70. The summed E-state index contributed by atoms with van der Waals surface area (Å²) in [7, 11) is 0. The van der Waals surface area contributed by atoms with Gasteiger partial charge in [0.1, 0.15) is 5.82 Å². The second-order valence-electron chi connectivity index (χ2n) is 6.37. The second kappa shape index (κ2) is 7.36. The van der Waals surface area contributed by atoms with Gasteiger partial charge in [0.2, 0.25) is 5.91 Å². The van der Waals surface area contributed by atoms with Gasteiger partial charge in [-0.25, -0.2) is 0 Å². The Morgan fingerprint density at radius 2 is 1.83 bits per heavy atom. The molecule has 150 valence electrons. The van der Waals surface area contributed by atoms with Crippen LogP contribution in [-0.2, 0) is 4.79 Å². The van der Waals surface area contributed by atoms with Crippen LogP contribution in [0.4, 0.5) is 14.5 Å². The maximum atomic E-state index is 13.1. The summed E-state index contributed by atoms with van der Waals surface area (Å²) in [5.41, 5.74) is 2.36. The van der Waals surface area contributed by atoms with E-state index in [1.165, 1.54) is 30.0 Å². The summed E-state index contributed by atoms with van der Waals surface area (Å²) in [5, 5.41) is 11.4. The first kappa shape index (κ1) is 19.2. The van der Waals surface area contributed by atoms with Gasteiger partial charge in [0, 0.05) is 17.4 Å². The molecule has 0 spiro atoms. The van der Waals surface area contributed by atoms with Crippen LogP contribution in [0.1, 0.15) is 11.4 Å².